The molecule has 3 amide bonds. The standard InChI is InChI=1S/C26H24BrN3O5S/c1-17-2-6-19(7-3-17)25(32)29(15-14-18-4-12-22(13-5-18)36(28,34)35)23-16-24(31)30(26(23)33)21-10-8-20(27)9-11-21/h2-13,23H,14-16H2,1H3,(H2,28,34,35). The minimum atomic E-state index is -3.82. The quantitative estimate of drug-likeness (QED) is 0.437. The Morgan fingerprint density at radius 1 is 1.00 bits per heavy atom. The Bertz CT molecular complexity index is 1410. The molecule has 186 valence electrons. The lowest BCUT2D eigenvalue weighted by molar-refractivity contribution is -0.122. The number of nitrogens with two attached hydrogens (primary N) is 1. The average Bonchev–Trinajstić information content (AvgIpc) is 3.13. The number of nitrogens with zero attached hydrogens (tertiary/aromatic N) is 2. The molecule has 1 aliphatic heterocycles. The van der Waals surface area contributed by atoms with Gasteiger partial charge in [0.25, 0.3) is 11.8 Å². The molecule has 1 saturated heterocycles. The number of imide groups is 1. The van der Waals surface area contributed by atoms with Crippen molar-refractivity contribution in [3.8, 4) is 0 Å². The van der Waals surface area contributed by atoms with E-state index in [1.807, 2.05) is 19.1 Å². The second-order valence-corrected chi connectivity index (χ2v) is 11.0. The van der Waals surface area contributed by atoms with E-state index >= 15 is 0 Å². The van der Waals surface area contributed by atoms with E-state index in [0.29, 0.717) is 17.7 Å². The largest absolute Gasteiger partial charge is 0.326 e. The van der Waals surface area contributed by atoms with Crippen LogP contribution < -0.4 is 10.0 Å². The molecule has 3 aromatic rings. The van der Waals surface area contributed by atoms with Gasteiger partial charge in [-0.1, -0.05) is 45.8 Å². The van der Waals surface area contributed by atoms with Crippen molar-refractivity contribution in [3.05, 3.63) is 94.0 Å². The van der Waals surface area contributed by atoms with E-state index in [1.54, 1.807) is 48.5 Å². The number of hydrogen-bond donors (Lipinski definition) is 1. The summed E-state index contributed by atoms with van der Waals surface area (Å²) in [6, 6.07) is 18.9. The highest BCUT2D eigenvalue weighted by molar-refractivity contribution is 9.10. The van der Waals surface area contributed by atoms with Gasteiger partial charge in [-0.2, -0.15) is 0 Å². The number of rotatable bonds is 7. The lowest BCUT2D eigenvalue weighted by Gasteiger charge is -2.28. The number of amides is 3. The van der Waals surface area contributed by atoms with Crippen molar-refractivity contribution in [2.24, 2.45) is 5.14 Å². The molecule has 1 aliphatic rings. The first-order valence-corrected chi connectivity index (χ1v) is 13.5. The Morgan fingerprint density at radius 2 is 1.61 bits per heavy atom. The summed E-state index contributed by atoms with van der Waals surface area (Å²) >= 11 is 3.35. The number of sulfonamides is 1. The van der Waals surface area contributed by atoms with Crippen LogP contribution in [0.3, 0.4) is 0 Å². The fraction of sp³-hybridized carbons (Fsp3) is 0.192. The molecule has 0 spiro atoms. The van der Waals surface area contributed by atoms with Gasteiger partial charge in [-0.3, -0.25) is 14.4 Å². The van der Waals surface area contributed by atoms with Crippen LogP contribution >= 0.6 is 15.9 Å². The number of aryl methyl sites for hydroxylation is 1. The van der Waals surface area contributed by atoms with Gasteiger partial charge in [0.1, 0.15) is 6.04 Å². The number of halogens is 1. The first-order valence-electron chi connectivity index (χ1n) is 11.2. The molecule has 0 aliphatic carbocycles. The Morgan fingerprint density at radius 3 is 2.19 bits per heavy atom. The van der Waals surface area contributed by atoms with Crippen LogP contribution in [0.5, 0.6) is 0 Å². The summed E-state index contributed by atoms with van der Waals surface area (Å²) in [5.74, 6) is -1.21. The molecule has 36 heavy (non-hydrogen) atoms. The van der Waals surface area contributed by atoms with Crippen LogP contribution in [-0.2, 0) is 26.0 Å². The Kier molecular flexibility index (Phi) is 7.39. The van der Waals surface area contributed by atoms with Gasteiger partial charge in [0.2, 0.25) is 15.9 Å². The zero-order valence-electron chi connectivity index (χ0n) is 19.4. The van der Waals surface area contributed by atoms with Crippen molar-refractivity contribution >= 4 is 49.4 Å². The third kappa shape index (κ3) is 5.56. The monoisotopic (exact) mass is 569 g/mol. The highest BCUT2D eigenvalue weighted by Gasteiger charge is 2.44. The van der Waals surface area contributed by atoms with Crippen LogP contribution in [0.2, 0.25) is 0 Å². The molecular formula is C26H24BrN3O5S. The summed E-state index contributed by atoms with van der Waals surface area (Å²) in [7, 11) is -3.82. The van der Waals surface area contributed by atoms with E-state index in [1.165, 1.54) is 17.0 Å². The summed E-state index contributed by atoms with van der Waals surface area (Å²) < 4.78 is 23.9. The van der Waals surface area contributed by atoms with Crippen molar-refractivity contribution in [3.63, 3.8) is 0 Å². The molecule has 1 fully saturated rings. The highest BCUT2D eigenvalue weighted by atomic mass is 79.9. The second-order valence-electron chi connectivity index (χ2n) is 8.57. The Labute approximate surface area is 217 Å². The van der Waals surface area contributed by atoms with Crippen molar-refractivity contribution in [1.29, 1.82) is 0 Å². The maximum atomic E-state index is 13.5. The Balaban J connectivity index is 1.62. The van der Waals surface area contributed by atoms with Crippen LogP contribution in [0.1, 0.15) is 27.9 Å². The van der Waals surface area contributed by atoms with Crippen LogP contribution in [0.15, 0.2) is 82.2 Å². The molecule has 4 rings (SSSR count). The molecule has 2 N–H and O–H groups in total. The van der Waals surface area contributed by atoms with E-state index in [4.69, 9.17) is 5.14 Å². The van der Waals surface area contributed by atoms with Gasteiger partial charge in [0.15, 0.2) is 0 Å². The maximum Gasteiger partial charge on any atom is 0.257 e. The zero-order chi connectivity index (χ0) is 26.0. The molecule has 1 atom stereocenters. The van der Waals surface area contributed by atoms with Crippen molar-refractivity contribution < 1.29 is 22.8 Å². The number of primary sulfonamides is 1. The third-order valence-electron chi connectivity index (χ3n) is 6.04. The van der Waals surface area contributed by atoms with Gasteiger partial charge in [-0.15, -0.1) is 0 Å². The predicted octanol–water partition coefficient (Wildman–Crippen LogP) is 3.42. The normalized spacial score (nSPS) is 15.9. The zero-order valence-corrected chi connectivity index (χ0v) is 21.8. The van der Waals surface area contributed by atoms with Crippen LogP contribution in [-0.4, -0.2) is 43.6 Å². The molecule has 10 heteroatoms. The van der Waals surface area contributed by atoms with Crippen molar-refractivity contribution in [1.82, 2.24) is 4.90 Å². The molecular weight excluding hydrogens is 546 g/mol. The molecule has 1 heterocycles. The van der Waals surface area contributed by atoms with Gasteiger partial charge in [0, 0.05) is 16.6 Å². The lowest BCUT2D eigenvalue weighted by Crippen LogP contribution is -2.46. The smallest absolute Gasteiger partial charge is 0.257 e. The minimum absolute atomic E-state index is 0.0134. The highest BCUT2D eigenvalue weighted by Crippen LogP contribution is 2.28. The molecule has 8 nitrogen and oxygen atoms in total. The summed E-state index contributed by atoms with van der Waals surface area (Å²) in [6.07, 6.45) is 0.218. The topological polar surface area (TPSA) is 118 Å². The predicted molar refractivity (Wildman–Crippen MR) is 139 cm³/mol. The van der Waals surface area contributed by atoms with Crippen LogP contribution in [0.4, 0.5) is 5.69 Å². The summed E-state index contributed by atoms with van der Waals surface area (Å²) in [5, 5.41) is 5.17. The maximum absolute atomic E-state index is 13.5. The summed E-state index contributed by atoms with van der Waals surface area (Å²) in [6.45, 7) is 2.06. The molecule has 0 saturated carbocycles. The number of anilines is 1. The third-order valence-corrected chi connectivity index (χ3v) is 7.49. The second kappa shape index (κ2) is 10.3. The molecule has 0 radical (unpaired) electrons. The fourth-order valence-corrected chi connectivity index (χ4v) is 4.86. The summed E-state index contributed by atoms with van der Waals surface area (Å²) in [5.41, 5.74) is 2.59. The first kappa shape index (κ1) is 25.7. The average molecular weight is 570 g/mol. The van der Waals surface area contributed by atoms with E-state index in [2.05, 4.69) is 15.9 Å². The van der Waals surface area contributed by atoms with Gasteiger partial charge in [-0.25, -0.2) is 18.5 Å². The number of carbonyl (C=O) groups excluding carboxylic acids is 3. The van der Waals surface area contributed by atoms with E-state index < -0.39 is 22.0 Å². The first-order chi connectivity index (χ1) is 17.0. The Hall–Kier alpha value is -3.34. The molecule has 1 unspecified atom stereocenters. The van der Waals surface area contributed by atoms with Gasteiger partial charge < -0.3 is 4.90 Å². The molecule has 0 bridgehead atoms. The van der Waals surface area contributed by atoms with Crippen molar-refractivity contribution in [2.75, 3.05) is 11.4 Å². The molecule has 3 aromatic carbocycles. The molecule has 0 aromatic heterocycles. The SMILES string of the molecule is Cc1ccc(C(=O)N(CCc2ccc(S(N)(=O)=O)cc2)C2CC(=O)N(c3ccc(Br)cc3)C2=O)cc1. The van der Waals surface area contributed by atoms with Crippen LogP contribution in [0, 0.1) is 6.92 Å². The fourth-order valence-electron chi connectivity index (χ4n) is 4.08. The minimum Gasteiger partial charge on any atom is -0.326 e. The number of carbonyl (C=O) groups is 3. The number of benzene rings is 3. The summed E-state index contributed by atoms with van der Waals surface area (Å²) in [4.78, 5) is 42.4. The van der Waals surface area contributed by atoms with E-state index in [9.17, 15) is 22.8 Å². The lowest BCUT2D eigenvalue weighted by atomic mass is 10.1. The van der Waals surface area contributed by atoms with E-state index in [0.717, 1.165) is 20.5 Å². The van der Waals surface area contributed by atoms with Crippen LogP contribution in [0.25, 0.3) is 0 Å². The number of hydrogen-bond acceptors (Lipinski definition) is 5. The van der Waals surface area contributed by atoms with Gasteiger partial charge in [-0.05, 0) is 67.4 Å². The van der Waals surface area contributed by atoms with E-state index in [-0.39, 0.29) is 29.7 Å². The van der Waals surface area contributed by atoms with Gasteiger partial charge in [0.05, 0.1) is 17.0 Å². The van der Waals surface area contributed by atoms with Gasteiger partial charge >= 0.3 is 0 Å². The van der Waals surface area contributed by atoms with Crippen molar-refractivity contribution in [2.45, 2.75) is 30.7 Å².